The fraction of sp³-hybridized carbons (Fsp3) is 0.818. The van der Waals surface area contributed by atoms with Crippen LogP contribution in [-0.2, 0) is 0 Å². The summed E-state index contributed by atoms with van der Waals surface area (Å²) in [5, 5.41) is 20.5. The Hall–Kier alpha value is -1.14. The molecule has 1 aliphatic rings. The third-order valence-corrected chi connectivity index (χ3v) is 3.55. The van der Waals surface area contributed by atoms with E-state index in [-0.39, 0.29) is 18.7 Å². The summed E-state index contributed by atoms with van der Waals surface area (Å²) in [5.41, 5.74) is 0. The zero-order valence-electron chi connectivity index (χ0n) is 10.6. The van der Waals surface area contributed by atoms with Gasteiger partial charge >= 0.3 is 6.01 Å². The molecule has 0 saturated carbocycles. The van der Waals surface area contributed by atoms with Gasteiger partial charge in [-0.15, -0.1) is 5.10 Å². The lowest BCUT2D eigenvalue weighted by Gasteiger charge is -2.22. The number of rotatable bonds is 4. The molecule has 2 N–H and O–H groups in total. The van der Waals surface area contributed by atoms with Crippen molar-refractivity contribution in [2.45, 2.75) is 32.4 Å². The second-order valence-electron chi connectivity index (χ2n) is 4.64. The van der Waals surface area contributed by atoms with Crippen LogP contribution in [0.25, 0.3) is 0 Å². The van der Waals surface area contributed by atoms with Gasteiger partial charge in [-0.05, 0) is 26.3 Å². The normalized spacial score (nSPS) is 26.5. The third kappa shape index (κ3) is 2.28. The van der Waals surface area contributed by atoms with Crippen LogP contribution in [0.2, 0.25) is 0 Å². The van der Waals surface area contributed by atoms with E-state index in [1.54, 1.807) is 0 Å². The summed E-state index contributed by atoms with van der Waals surface area (Å²) in [4.78, 5) is 2.00. The molecule has 1 fully saturated rings. The van der Waals surface area contributed by atoms with E-state index in [0.717, 1.165) is 13.0 Å². The molecule has 0 aromatic carbocycles. The minimum absolute atomic E-state index is 0.0452. The van der Waals surface area contributed by atoms with Crippen molar-refractivity contribution in [2.75, 3.05) is 25.1 Å². The highest BCUT2D eigenvalue weighted by atomic mass is 16.4. The molecule has 1 aromatic heterocycles. The van der Waals surface area contributed by atoms with Crippen LogP contribution in [0.4, 0.5) is 6.01 Å². The molecule has 2 rings (SSSR count). The average molecular weight is 240 g/mol. The van der Waals surface area contributed by atoms with Crippen molar-refractivity contribution in [2.24, 2.45) is 5.92 Å². The molecular weight excluding hydrogens is 220 g/mol. The summed E-state index contributed by atoms with van der Waals surface area (Å²) in [7, 11) is 1.85. The largest absolute Gasteiger partial charge is 0.406 e. The molecule has 96 valence electrons. The van der Waals surface area contributed by atoms with Crippen molar-refractivity contribution < 1.29 is 9.52 Å². The van der Waals surface area contributed by atoms with Gasteiger partial charge in [-0.25, -0.2) is 0 Å². The van der Waals surface area contributed by atoms with Crippen molar-refractivity contribution in [3.8, 4) is 0 Å². The molecule has 2 heterocycles. The van der Waals surface area contributed by atoms with Gasteiger partial charge in [-0.1, -0.05) is 12.0 Å². The smallest absolute Gasteiger partial charge is 0.318 e. The van der Waals surface area contributed by atoms with Crippen molar-refractivity contribution in [3.05, 3.63) is 5.89 Å². The Bertz CT molecular complexity index is 368. The fourth-order valence-electron chi connectivity index (χ4n) is 2.17. The molecule has 1 aromatic rings. The van der Waals surface area contributed by atoms with E-state index in [2.05, 4.69) is 22.4 Å². The number of aliphatic hydroxyl groups excluding tert-OH is 1. The number of nitrogens with one attached hydrogen (secondary N) is 1. The number of aliphatic hydroxyl groups is 1. The first-order valence-corrected chi connectivity index (χ1v) is 6.05. The van der Waals surface area contributed by atoms with Crippen molar-refractivity contribution >= 4 is 6.01 Å². The minimum atomic E-state index is 0.0452. The molecule has 0 amide bonds. The van der Waals surface area contributed by atoms with Crippen LogP contribution in [0.15, 0.2) is 4.42 Å². The van der Waals surface area contributed by atoms with E-state index in [9.17, 15) is 5.11 Å². The Morgan fingerprint density at radius 3 is 3.00 bits per heavy atom. The summed E-state index contributed by atoms with van der Waals surface area (Å²) in [6.07, 6.45) is 1.05. The van der Waals surface area contributed by atoms with Crippen LogP contribution in [0.3, 0.4) is 0 Å². The monoisotopic (exact) mass is 240 g/mol. The van der Waals surface area contributed by atoms with Gasteiger partial charge in [-0.3, -0.25) is 0 Å². The van der Waals surface area contributed by atoms with Crippen LogP contribution in [0.5, 0.6) is 0 Å². The van der Waals surface area contributed by atoms with E-state index in [0.29, 0.717) is 17.8 Å². The summed E-state index contributed by atoms with van der Waals surface area (Å²) >= 11 is 0. The van der Waals surface area contributed by atoms with Gasteiger partial charge in [0, 0.05) is 6.54 Å². The molecule has 3 unspecified atom stereocenters. The summed E-state index contributed by atoms with van der Waals surface area (Å²) in [5.74, 6) is 1.04. The number of aromatic nitrogens is 2. The van der Waals surface area contributed by atoms with E-state index in [1.807, 2.05) is 18.9 Å². The highest BCUT2D eigenvalue weighted by Crippen LogP contribution is 2.29. The maximum Gasteiger partial charge on any atom is 0.318 e. The molecule has 6 nitrogen and oxygen atoms in total. The van der Waals surface area contributed by atoms with Gasteiger partial charge in [0.1, 0.15) is 0 Å². The molecule has 1 saturated heterocycles. The standard InChI is InChI=1S/C11H20N4O2/c1-7-4-5-15(9(7)6-16)11-14-13-10(17-11)8(2)12-3/h7-9,12,16H,4-6H2,1-3H3. The van der Waals surface area contributed by atoms with Gasteiger partial charge in [0.05, 0.1) is 18.7 Å². The van der Waals surface area contributed by atoms with Crippen LogP contribution in [0.1, 0.15) is 32.2 Å². The van der Waals surface area contributed by atoms with Gasteiger partial charge in [0.15, 0.2) is 0 Å². The highest BCUT2D eigenvalue weighted by molar-refractivity contribution is 5.29. The summed E-state index contributed by atoms with van der Waals surface area (Å²) < 4.78 is 5.63. The Kier molecular flexibility index (Phi) is 3.63. The lowest BCUT2D eigenvalue weighted by atomic mass is 10.0. The molecule has 0 radical (unpaired) electrons. The zero-order valence-corrected chi connectivity index (χ0v) is 10.6. The van der Waals surface area contributed by atoms with E-state index in [1.165, 1.54) is 0 Å². The van der Waals surface area contributed by atoms with Crippen LogP contribution < -0.4 is 10.2 Å². The SMILES string of the molecule is CNC(C)c1nnc(N2CCC(C)C2CO)o1. The fourth-order valence-corrected chi connectivity index (χ4v) is 2.17. The zero-order chi connectivity index (χ0) is 12.4. The highest BCUT2D eigenvalue weighted by Gasteiger charge is 2.33. The van der Waals surface area contributed by atoms with Crippen molar-refractivity contribution in [3.63, 3.8) is 0 Å². The van der Waals surface area contributed by atoms with E-state index in [4.69, 9.17) is 4.42 Å². The van der Waals surface area contributed by atoms with Gasteiger partial charge in [0.2, 0.25) is 5.89 Å². The molecule has 0 aliphatic carbocycles. The number of nitrogens with zero attached hydrogens (tertiary/aromatic N) is 3. The molecule has 0 spiro atoms. The maximum atomic E-state index is 9.39. The number of hydrogen-bond acceptors (Lipinski definition) is 6. The first kappa shape index (κ1) is 12.3. The van der Waals surface area contributed by atoms with Crippen LogP contribution in [0, 0.1) is 5.92 Å². The van der Waals surface area contributed by atoms with E-state index >= 15 is 0 Å². The Morgan fingerprint density at radius 2 is 2.35 bits per heavy atom. The van der Waals surface area contributed by atoms with Crippen LogP contribution >= 0.6 is 0 Å². The summed E-state index contributed by atoms with van der Waals surface area (Å²) in [6, 6.07) is 0.655. The number of hydrogen-bond donors (Lipinski definition) is 2. The van der Waals surface area contributed by atoms with Gasteiger partial charge in [0.25, 0.3) is 0 Å². The maximum absolute atomic E-state index is 9.39. The molecule has 17 heavy (non-hydrogen) atoms. The van der Waals surface area contributed by atoms with Gasteiger partial charge in [-0.2, -0.15) is 0 Å². The second-order valence-corrected chi connectivity index (χ2v) is 4.64. The molecule has 1 aliphatic heterocycles. The van der Waals surface area contributed by atoms with Gasteiger partial charge < -0.3 is 19.7 Å². The first-order chi connectivity index (χ1) is 8.17. The van der Waals surface area contributed by atoms with Crippen molar-refractivity contribution in [1.29, 1.82) is 0 Å². The average Bonchev–Trinajstić information content (AvgIpc) is 2.94. The minimum Gasteiger partial charge on any atom is -0.406 e. The molecular formula is C11H20N4O2. The molecule has 0 bridgehead atoms. The summed E-state index contributed by atoms with van der Waals surface area (Å²) in [6.45, 7) is 5.09. The number of anilines is 1. The lowest BCUT2D eigenvalue weighted by molar-refractivity contribution is 0.241. The quantitative estimate of drug-likeness (QED) is 0.801. The Labute approximate surface area is 101 Å². The predicted molar refractivity (Wildman–Crippen MR) is 63.8 cm³/mol. The van der Waals surface area contributed by atoms with Crippen molar-refractivity contribution in [1.82, 2.24) is 15.5 Å². The first-order valence-electron chi connectivity index (χ1n) is 6.05. The van der Waals surface area contributed by atoms with E-state index < -0.39 is 0 Å². The van der Waals surface area contributed by atoms with Crippen LogP contribution in [-0.4, -0.2) is 41.5 Å². The topological polar surface area (TPSA) is 74.4 Å². The Balaban J connectivity index is 2.14. The molecule has 6 heteroatoms. The lowest BCUT2D eigenvalue weighted by Crippen LogP contribution is -2.35. The third-order valence-electron chi connectivity index (χ3n) is 3.55. The Morgan fingerprint density at radius 1 is 1.59 bits per heavy atom. The predicted octanol–water partition coefficient (Wildman–Crippen LogP) is 0.557. The molecule has 3 atom stereocenters. The second kappa shape index (κ2) is 5.01.